The van der Waals surface area contributed by atoms with Crippen molar-refractivity contribution in [2.45, 2.75) is 25.3 Å². The Kier molecular flexibility index (Phi) is 4.70. The first-order chi connectivity index (χ1) is 11.8. The Morgan fingerprint density at radius 1 is 0.840 bits per heavy atom. The number of hydrogen-bond acceptors (Lipinski definition) is 2. The smallest absolute Gasteiger partial charge is 0.225 e. The maximum Gasteiger partial charge on any atom is 0.238 e. The summed E-state index contributed by atoms with van der Waals surface area (Å²) in [6, 6.07) is 21.3. The van der Waals surface area contributed by atoms with Crippen LogP contribution in [-0.2, 0) is 16.6 Å². The van der Waals surface area contributed by atoms with Crippen LogP contribution in [0.5, 0.6) is 0 Å². The molecule has 1 aromatic heterocycles. The fraction of sp³-hybridized carbons (Fsp3) is 0.150. The summed E-state index contributed by atoms with van der Waals surface area (Å²) < 4.78 is 24.9. The topological polar surface area (TPSA) is 64.0 Å². The van der Waals surface area contributed by atoms with Crippen molar-refractivity contribution in [1.82, 2.24) is 0 Å². The van der Waals surface area contributed by atoms with Crippen LogP contribution in [0, 0.1) is 13.8 Å². The van der Waals surface area contributed by atoms with E-state index >= 15 is 0 Å². The average molecular weight is 353 g/mol. The predicted molar refractivity (Wildman–Crippen MR) is 98.5 cm³/mol. The van der Waals surface area contributed by atoms with Gasteiger partial charge in [-0.3, -0.25) is 0 Å². The van der Waals surface area contributed by atoms with Crippen LogP contribution in [0.3, 0.4) is 0 Å². The number of nitrogens with two attached hydrogens (primary N) is 1. The Labute approximate surface area is 148 Å². The molecule has 2 aromatic carbocycles. The number of nitrogens with zero attached hydrogens (tertiary/aromatic N) is 1. The monoisotopic (exact) mass is 353 g/mol. The van der Waals surface area contributed by atoms with Gasteiger partial charge in [-0.05, 0) is 23.3 Å². The first-order valence-corrected chi connectivity index (χ1v) is 9.57. The fourth-order valence-corrected chi connectivity index (χ4v) is 3.45. The highest BCUT2D eigenvalue weighted by molar-refractivity contribution is 7.89. The van der Waals surface area contributed by atoms with E-state index in [1.54, 1.807) is 24.3 Å². The van der Waals surface area contributed by atoms with E-state index in [0.29, 0.717) is 6.54 Å². The van der Waals surface area contributed by atoms with Crippen LogP contribution in [0.1, 0.15) is 17.0 Å². The molecule has 0 radical (unpaired) electrons. The third-order valence-electron chi connectivity index (χ3n) is 4.28. The molecule has 0 aliphatic carbocycles. The molecule has 5 heteroatoms. The molecular formula is C20H21N2O2S+. The van der Waals surface area contributed by atoms with E-state index in [4.69, 9.17) is 5.14 Å². The Balaban J connectivity index is 1.91. The highest BCUT2D eigenvalue weighted by atomic mass is 32.2. The molecule has 3 rings (SSSR count). The zero-order valence-corrected chi connectivity index (χ0v) is 15.1. The summed E-state index contributed by atoms with van der Waals surface area (Å²) in [5, 5.41) is 5.15. The highest BCUT2D eigenvalue weighted by Crippen LogP contribution is 2.20. The molecule has 0 bridgehead atoms. The molecule has 3 aromatic rings. The lowest BCUT2D eigenvalue weighted by molar-refractivity contribution is -0.700. The largest absolute Gasteiger partial charge is 0.238 e. The van der Waals surface area contributed by atoms with Gasteiger partial charge in [0, 0.05) is 31.5 Å². The van der Waals surface area contributed by atoms with Gasteiger partial charge in [-0.25, -0.2) is 13.6 Å². The van der Waals surface area contributed by atoms with Gasteiger partial charge in [0.2, 0.25) is 10.0 Å². The molecule has 0 atom stereocenters. The number of aryl methyl sites for hydroxylation is 2. The van der Waals surface area contributed by atoms with Crippen LogP contribution >= 0.6 is 0 Å². The molecule has 0 saturated carbocycles. The maximum absolute atomic E-state index is 11.4. The van der Waals surface area contributed by atoms with Crippen LogP contribution in [-0.4, -0.2) is 8.42 Å². The molecule has 0 fully saturated rings. The zero-order valence-electron chi connectivity index (χ0n) is 14.3. The van der Waals surface area contributed by atoms with Gasteiger partial charge in [0.15, 0.2) is 17.9 Å². The summed E-state index contributed by atoms with van der Waals surface area (Å²) in [5.41, 5.74) is 5.70. The number of sulfonamides is 1. The molecule has 128 valence electrons. The molecule has 0 aliphatic rings. The van der Waals surface area contributed by atoms with E-state index in [9.17, 15) is 8.42 Å². The third kappa shape index (κ3) is 3.95. The number of hydrogen-bond donors (Lipinski definition) is 1. The summed E-state index contributed by atoms with van der Waals surface area (Å²) in [5.74, 6) is 0. The Morgan fingerprint density at radius 3 is 1.92 bits per heavy atom. The molecule has 0 aliphatic heterocycles. The van der Waals surface area contributed by atoms with E-state index in [2.05, 4.69) is 42.7 Å². The predicted octanol–water partition coefficient (Wildman–Crippen LogP) is 2.95. The maximum atomic E-state index is 11.4. The second-order valence-electron chi connectivity index (χ2n) is 6.17. The normalized spacial score (nSPS) is 11.5. The zero-order chi connectivity index (χ0) is 18.0. The lowest BCUT2D eigenvalue weighted by atomic mass is 10.0. The molecule has 0 spiro atoms. The van der Waals surface area contributed by atoms with E-state index in [-0.39, 0.29) is 4.90 Å². The number of pyridine rings is 1. The fourth-order valence-electron chi connectivity index (χ4n) is 2.94. The Hall–Kier alpha value is -2.50. The van der Waals surface area contributed by atoms with Crippen molar-refractivity contribution in [3.05, 3.63) is 83.7 Å². The Bertz CT molecular complexity index is 973. The van der Waals surface area contributed by atoms with E-state index in [0.717, 1.165) is 17.0 Å². The van der Waals surface area contributed by atoms with Crippen LogP contribution in [0.15, 0.2) is 71.6 Å². The van der Waals surface area contributed by atoms with Gasteiger partial charge in [-0.2, -0.15) is 4.57 Å². The molecular weight excluding hydrogens is 332 g/mol. The van der Waals surface area contributed by atoms with Crippen LogP contribution in [0.2, 0.25) is 0 Å². The van der Waals surface area contributed by atoms with E-state index < -0.39 is 10.0 Å². The van der Waals surface area contributed by atoms with Crippen molar-refractivity contribution in [3.8, 4) is 11.1 Å². The van der Waals surface area contributed by atoms with Gasteiger partial charge in [0.25, 0.3) is 0 Å². The summed E-state index contributed by atoms with van der Waals surface area (Å²) in [4.78, 5) is 0.133. The van der Waals surface area contributed by atoms with Gasteiger partial charge >= 0.3 is 0 Å². The number of primary sulfonamides is 1. The average Bonchev–Trinajstić information content (AvgIpc) is 2.58. The quantitative estimate of drug-likeness (QED) is 0.733. The van der Waals surface area contributed by atoms with Crippen molar-refractivity contribution >= 4 is 10.0 Å². The SMILES string of the molecule is Cc1cc(-c2ccccc2)cc(C)[n+]1Cc1ccc(S(N)(=O)=O)cc1. The summed E-state index contributed by atoms with van der Waals surface area (Å²) >= 11 is 0. The van der Waals surface area contributed by atoms with Crippen LogP contribution in [0.4, 0.5) is 0 Å². The summed E-state index contributed by atoms with van der Waals surface area (Å²) in [6.07, 6.45) is 0. The van der Waals surface area contributed by atoms with Crippen LogP contribution < -0.4 is 9.71 Å². The second-order valence-corrected chi connectivity index (χ2v) is 7.73. The second kappa shape index (κ2) is 6.78. The number of rotatable bonds is 4. The van der Waals surface area contributed by atoms with Gasteiger partial charge < -0.3 is 0 Å². The molecule has 1 heterocycles. The van der Waals surface area contributed by atoms with Crippen LogP contribution in [0.25, 0.3) is 11.1 Å². The van der Waals surface area contributed by atoms with Crippen molar-refractivity contribution in [2.75, 3.05) is 0 Å². The minimum atomic E-state index is -3.65. The van der Waals surface area contributed by atoms with Crippen molar-refractivity contribution in [1.29, 1.82) is 0 Å². The summed E-state index contributed by atoms with van der Waals surface area (Å²) in [7, 11) is -3.65. The molecule has 4 nitrogen and oxygen atoms in total. The molecule has 0 saturated heterocycles. The molecule has 2 N–H and O–H groups in total. The number of aromatic nitrogens is 1. The highest BCUT2D eigenvalue weighted by Gasteiger charge is 2.15. The first-order valence-electron chi connectivity index (χ1n) is 8.03. The van der Waals surface area contributed by atoms with E-state index in [1.807, 2.05) is 18.2 Å². The third-order valence-corrected chi connectivity index (χ3v) is 5.21. The molecule has 0 unspecified atom stereocenters. The molecule has 25 heavy (non-hydrogen) atoms. The number of benzene rings is 2. The minimum absolute atomic E-state index is 0.133. The Morgan fingerprint density at radius 2 is 1.40 bits per heavy atom. The van der Waals surface area contributed by atoms with Gasteiger partial charge in [0.05, 0.1) is 4.90 Å². The van der Waals surface area contributed by atoms with Crippen molar-refractivity contribution in [2.24, 2.45) is 5.14 Å². The van der Waals surface area contributed by atoms with Crippen molar-refractivity contribution in [3.63, 3.8) is 0 Å². The molecule has 0 amide bonds. The lowest BCUT2D eigenvalue weighted by Gasteiger charge is -2.08. The lowest BCUT2D eigenvalue weighted by Crippen LogP contribution is -2.40. The summed E-state index contributed by atoms with van der Waals surface area (Å²) in [6.45, 7) is 4.84. The van der Waals surface area contributed by atoms with Gasteiger partial charge in [-0.1, -0.05) is 42.5 Å². The van der Waals surface area contributed by atoms with E-state index in [1.165, 1.54) is 11.1 Å². The van der Waals surface area contributed by atoms with Gasteiger partial charge in [0.1, 0.15) is 0 Å². The van der Waals surface area contributed by atoms with Crippen molar-refractivity contribution < 1.29 is 13.0 Å². The first kappa shape index (κ1) is 17.3. The minimum Gasteiger partial charge on any atom is -0.225 e. The van der Waals surface area contributed by atoms with Gasteiger partial charge in [-0.15, -0.1) is 0 Å². The standard InChI is InChI=1S/C20H21N2O2S/c1-15-12-19(18-6-4-3-5-7-18)13-16(2)22(15)14-17-8-10-20(11-9-17)25(21,23)24/h3-13H,14H2,1-2H3,(H2,21,23,24)/q+1.